The van der Waals surface area contributed by atoms with Gasteiger partial charge < -0.3 is 4.74 Å². The number of hydrogen-bond donors (Lipinski definition) is 2. The van der Waals surface area contributed by atoms with Gasteiger partial charge in [0.25, 0.3) is 0 Å². The Bertz CT molecular complexity index is 379. The predicted octanol–water partition coefficient (Wildman–Crippen LogP) is 0.654. The average Bonchev–Trinajstić information content (AvgIpc) is 2.37. The Morgan fingerprint density at radius 1 is 1.35 bits per heavy atom. The van der Waals surface area contributed by atoms with E-state index in [9.17, 15) is 9.59 Å². The van der Waals surface area contributed by atoms with Gasteiger partial charge in [-0.25, -0.2) is 5.43 Å². The van der Waals surface area contributed by atoms with Crippen LogP contribution in [0.5, 0.6) is 0 Å². The molecule has 1 aromatic rings. The van der Waals surface area contributed by atoms with Crippen molar-refractivity contribution in [2.24, 2.45) is 5.84 Å². The zero-order valence-electron chi connectivity index (χ0n) is 9.68. The minimum atomic E-state index is -0.803. The molecule has 1 aromatic carbocycles. The molecule has 5 nitrogen and oxygen atoms in total. The molecule has 0 aliphatic rings. The maximum absolute atomic E-state index is 11.8. The highest BCUT2D eigenvalue weighted by atomic mass is 16.5. The van der Waals surface area contributed by atoms with Gasteiger partial charge in [0, 0.05) is 12.0 Å². The lowest BCUT2D eigenvalue weighted by molar-refractivity contribution is -0.145. The van der Waals surface area contributed by atoms with Crippen LogP contribution >= 0.6 is 0 Å². The molecule has 0 bridgehead atoms. The van der Waals surface area contributed by atoms with Gasteiger partial charge in [-0.05, 0) is 6.92 Å². The minimum absolute atomic E-state index is 0.0145. The van der Waals surface area contributed by atoms with E-state index in [0.717, 1.165) is 0 Å². The highest BCUT2D eigenvalue weighted by molar-refractivity contribution is 5.98. The molecule has 0 aliphatic heterocycles. The molecule has 1 rings (SSSR count). The van der Waals surface area contributed by atoms with E-state index >= 15 is 0 Å². The molecule has 0 heterocycles. The molecule has 92 valence electrons. The number of nitrogens with one attached hydrogen (secondary N) is 1. The van der Waals surface area contributed by atoms with Crippen LogP contribution in [-0.2, 0) is 9.53 Å². The lowest BCUT2D eigenvalue weighted by Crippen LogP contribution is -2.43. The number of rotatable bonds is 6. The van der Waals surface area contributed by atoms with Crippen molar-refractivity contribution in [3.8, 4) is 0 Å². The Morgan fingerprint density at radius 2 is 2.00 bits per heavy atom. The summed E-state index contributed by atoms with van der Waals surface area (Å²) in [6.07, 6.45) is -0.0145. The summed E-state index contributed by atoms with van der Waals surface area (Å²) >= 11 is 0. The molecule has 17 heavy (non-hydrogen) atoms. The van der Waals surface area contributed by atoms with Crippen molar-refractivity contribution in [3.63, 3.8) is 0 Å². The molecule has 5 heteroatoms. The topological polar surface area (TPSA) is 81.4 Å². The van der Waals surface area contributed by atoms with Crippen LogP contribution in [0.15, 0.2) is 30.3 Å². The smallest absolute Gasteiger partial charge is 0.324 e. The fraction of sp³-hybridized carbons (Fsp3) is 0.333. The maximum Gasteiger partial charge on any atom is 0.324 e. The van der Waals surface area contributed by atoms with Gasteiger partial charge >= 0.3 is 5.97 Å². The van der Waals surface area contributed by atoms with Crippen LogP contribution in [-0.4, -0.2) is 24.4 Å². The number of Topliss-reactive ketones (excluding diaryl/α,β-unsaturated/α-hetero) is 1. The fourth-order valence-electron chi connectivity index (χ4n) is 1.38. The third-order valence-corrected chi connectivity index (χ3v) is 2.26. The zero-order valence-corrected chi connectivity index (χ0v) is 9.68. The summed E-state index contributed by atoms with van der Waals surface area (Å²) in [5.74, 6) is 4.56. The molecule has 0 aliphatic carbocycles. The van der Waals surface area contributed by atoms with Gasteiger partial charge in [0.1, 0.15) is 6.04 Å². The number of hydrazine groups is 1. The number of ether oxygens (including phenoxy) is 1. The first kappa shape index (κ1) is 13.3. The van der Waals surface area contributed by atoms with Crippen LogP contribution < -0.4 is 11.3 Å². The van der Waals surface area contributed by atoms with Gasteiger partial charge in [-0.2, -0.15) is 0 Å². The number of benzene rings is 1. The third kappa shape index (κ3) is 3.97. The number of esters is 1. The predicted molar refractivity (Wildman–Crippen MR) is 63.1 cm³/mol. The van der Waals surface area contributed by atoms with Crippen molar-refractivity contribution in [2.45, 2.75) is 19.4 Å². The molecule has 0 spiro atoms. The molecule has 0 saturated heterocycles. The Hall–Kier alpha value is -1.72. The van der Waals surface area contributed by atoms with Crippen molar-refractivity contribution in [2.75, 3.05) is 6.61 Å². The molecule has 0 amide bonds. The second-order valence-corrected chi connectivity index (χ2v) is 3.46. The van der Waals surface area contributed by atoms with Gasteiger partial charge in [0.05, 0.1) is 6.61 Å². The lowest BCUT2D eigenvalue weighted by Gasteiger charge is -2.13. The van der Waals surface area contributed by atoms with Gasteiger partial charge in [0.2, 0.25) is 0 Å². The largest absolute Gasteiger partial charge is 0.465 e. The normalized spacial score (nSPS) is 11.9. The van der Waals surface area contributed by atoms with Gasteiger partial charge in [-0.3, -0.25) is 15.4 Å². The third-order valence-electron chi connectivity index (χ3n) is 2.26. The average molecular weight is 236 g/mol. The van der Waals surface area contributed by atoms with Gasteiger partial charge in [-0.1, -0.05) is 30.3 Å². The molecular formula is C12H16N2O3. The van der Waals surface area contributed by atoms with E-state index in [1.54, 1.807) is 31.2 Å². The van der Waals surface area contributed by atoms with Crippen LogP contribution in [0.1, 0.15) is 23.7 Å². The van der Waals surface area contributed by atoms with Crippen molar-refractivity contribution in [1.82, 2.24) is 5.43 Å². The number of hydrogen-bond acceptors (Lipinski definition) is 5. The van der Waals surface area contributed by atoms with Crippen LogP contribution in [0.3, 0.4) is 0 Å². The van der Waals surface area contributed by atoms with E-state index in [1.807, 2.05) is 6.07 Å². The van der Waals surface area contributed by atoms with Crippen LogP contribution in [0, 0.1) is 0 Å². The molecular weight excluding hydrogens is 220 g/mol. The summed E-state index contributed by atoms with van der Waals surface area (Å²) in [4.78, 5) is 23.2. The lowest BCUT2D eigenvalue weighted by atomic mass is 10.0. The summed E-state index contributed by atoms with van der Waals surface area (Å²) in [5, 5.41) is 0. The quantitative estimate of drug-likeness (QED) is 0.328. The first-order chi connectivity index (χ1) is 8.19. The molecule has 1 atom stereocenters. The molecule has 0 radical (unpaired) electrons. The first-order valence-electron chi connectivity index (χ1n) is 5.40. The Labute approximate surface area is 99.9 Å². The van der Waals surface area contributed by atoms with E-state index in [4.69, 9.17) is 10.6 Å². The molecule has 1 unspecified atom stereocenters. The minimum Gasteiger partial charge on any atom is -0.465 e. The summed E-state index contributed by atoms with van der Waals surface area (Å²) in [5.41, 5.74) is 2.84. The summed E-state index contributed by atoms with van der Waals surface area (Å²) in [6, 6.07) is 7.94. The van der Waals surface area contributed by atoms with E-state index in [1.165, 1.54) is 0 Å². The highest BCUT2D eigenvalue weighted by Gasteiger charge is 2.22. The highest BCUT2D eigenvalue weighted by Crippen LogP contribution is 2.06. The first-order valence-corrected chi connectivity index (χ1v) is 5.40. The monoisotopic (exact) mass is 236 g/mol. The van der Waals surface area contributed by atoms with Crippen molar-refractivity contribution in [3.05, 3.63) is 35.9 Å². The van der Waals surface area contributed by atoms with Crippen LogP contribution in [0.2, 0.25) is 0 Å². The standard InChI is InChI=1S/C12H16N2O3/c1-2-17-12(16)10(14-13)8-11(15)9-6-4-3-5-7-9/h3-7,10,14H,2,8,13H2,1H3. The van der Waals surface area contributed by atoms with E-state index < -0.39 is 12.0 Å². The summed E-state index contributed by atoms with van der Waals surface area (Å²) in [7, 11) is 0. The van der Waals surface area contributed by atoms with Crippen molar-refractivity contribution in [1.29, 1.82) is 0 Å². The molecule has 0 saturated carbocycles. The van der Waals surface area contributed by atoms with E-state index in [-0.39, 0.29) is 18.8 Å². The van der Waals surface area contributed by atoms with Crippen molar-refractivity contribution < 1.29 is 14.3 Å². The summed E-state index contributed by atoms with van der Waals surface area (Å²) in [6.45, 7) is 1.96. The Morgan fingerprint density at radius 3 is 2.53 bits per heavy atom. The second-order valence-electron chi connectivity index (χ2n) is 3.46. The van der Waals surface area contributed by atoms with Gasteiger partial charge in [0.15, 0.2) is 5.78 Å². The van der Waals surface area contributed by atoms with Gasteiger partial charge in [-0.15, -0.1) is 0 Å². The zero-order chi connectivity index (χ0) is 12.7. The maximum atomic E-state index is 11.8. The number of ketones is 1. The fourth-order valence-corrected chi connectivity index (χ4v) is 1.38. The second kappa shape index (κ2) is 6.78. The number of carbonyl (C=O) groups excluding carboxylic acids is 2. The van der Waals surface area contributed by atoms with Crippen molar-refractivity contribution >= 4 is 11.8 Å². The number of nitrogens with two attached hydrogens (primary N) is 1. The summed E-state index contributed by atoms with van der Waals surface area (Å²) < 4.78 is 4.80. The Kier molecular flexibility index (Phi) is 5.32. The van der Waals surface area contributed by atoms with E-state index in [2.05, 4.69) is 5.43 Å². The van der Waals surface area contributed by atoms with Crippen LogP contribution in [0.25, 0.3) is 0 Å². The molecule has 0 aromatic heterocycles. The number of carbonyl (C=O) groups is 2. The molecule has 3 N–H and O–H groups in total. The van der Waals surface area contributed by atoms with E-state index in [0.29, 0.717) is 5.56 Å². The van der Waals surface area contributed by atoms with Crippen LogP contribution in [0.4, 0.5) is 0 Å². The Balaban J connectivity index is 2.63. The molecule has 0 fully saturated rings. The SMILES string of the molecule is CCOC(=O)C(CC(=O)c1ccccc1)NN.